The number of carbonyl (C=O) groups is 2. The number of amides is 2. The molecule has 3 rings (SSSR count). The number of hydrogen-bond donors (Lipinski definition) is 1. The number of halogens is 3. The Balaban J connectivity index is 1.81. The Morgan fingerprint density at radius 3 is 2.77 bits per heavy atom. The fourth-order valence-electron chi connectivity index (χ4n) is 3.23. The first kappa shape index (κ1) is 21.2. The monoisotopic (exact) mass is 426 g/mol. The van der Waals surface area contributed by atoms with Crippen LogP contribution in [0.4, 0.5) is 18.9 Å². The van der Waals surface area contributed by atoms with Crippen LogP contribution in [0, 0.1) is 17.0 Å². The Hall–Kier alpha value is -3.51. The average Bonchev–Trinajstić information content (AvgIpc) is 3.32. The van der Waals surface area contributed by atoms with E-state index in [0.29, 0.717) is 12.1 Å². The highest BCUT2D eigenvalue weighted by Crippen LogP contribution is 2.23. The van der Waals surface area contributed by atoms with Gasteiger partial charge in [0.1, 0.15) is 12.6 Å². The maximum absolute atomic E-state index is 12.9. The van der Waals surface area contributed by atoms with Gasteiger partial charge in [-0.25, -0.2) is 4.68 Å². The van der Waals surface area contributed by atoms with Crippen LogP contribution in [0.5, 0.6) is 0 Å². The summed E-state index contributed by atoms with van der Waals surface area (Å²) in [5.74, 6) is -1.53. The third kappa shape index (κ3) is 4.39. The van der Waals surface area contributed by atoms with E-state index in [4.69, 9.17) is 0 Å². The molecule has 1 aromatic heterocycles. The lowest BCUT2D eigenvalue weighted by atomic mass is 10.2. The van der Waals surface area contributed by atoms with E-state index in [1.54, 1.807) is 11.4 Å². The summed E-state index contributed by atoms with van der Waals surface area (Å²) in [6.45, 7) is 0.235. The molecule has 0 saturated carbocycles. The first-order valence-electron chi connectivity index (χ1n) is 8.91. The van der Waals surface area contributed by atoms with Crippen molar-refractivity contribution >= 4 is 17.5 Å². The lowest BCUT2D eigenvalue weighted by molar-refractivity contribution is -0.384. The standard InChI is InChI=1S/C17H17F3N6O4/c1-10-14(22-23-25(10)11-4-2-5-12(8-11)26(29)30)16(28)24-7-3-6-13(24)15(27)21-9-17(18,19)20/h2,4-5,8,13H,3,6-7,9H2,1H3,(H,21,27). The largest absolute Gasteiger partial charge is 0.405 e. The highest BCUT2D eigenvalue weighted by molar-refractivity contribution is 5.97. The fourth-order valence-corrected chi connectivity index (χ4v) is 3.23. The number of nitro benzene ring substituents is 1. The average molecular weight is 426 g/mol. The summed E-state index contributed by atoms with van der Waals surface area (Å²) in [4.78, 5) is 36.6. The van der Waals surface area contributed by atoms with Gasteiger partial charge in [0.05, 0.1) is 16.3 Å². The molecule has 1 aliphatic rings. The summed E-state index contributed by atoms with van der Waals surface area (Å²) in [5, 5.41) is 20.5. The van der Waals surface area contributed by atoms with Gasteiger partial charge in [-0.1, -0.05) is 11.3 Å². The van der Waals surface area contributed by atoms with Crippen molar-refractivity contribution in [2.45, 2.75) is 32.0 Å². The molecule has 1 aromatic carbocycles. The number of nitro groups is 1. The molecule has 2 heterocycles. The molecule has 0 bridgehead atoms. The molecule has 0 spiro atoms. The van der Waals surface area contributed by atoms with Crippen LogP contribution in [0.25, 0.3) is 5.69 Å². The van der Waals surface area contributed by atoms with Crippen LogP contribution < -0.4 is 5.32 Å². The molecule has 1 aliphatic heterocycles. The lowest BCUT2D eigenvalue weighted by Gasteiger charge is -2.23. The molecule has 0 radical (unpaired) electrons. The fraction of sp³-hybridized carbons (Fsp3) is 0.412. The molecule has 30 heavy (non-hydrogen) atoms. The van der Waals surface area contributed by atoms with Crippen LogP contribution in [0.15, 0.2) is 24.3 Å². The number of rotatable bonds is 5. The molecule has 1 saturated heterocycles. The Bertz CT molecular complexity index is 990. The minimum atomic E-state index is -4.55. The lowest BCUT2D eigenvalue weighted by Crippen LogP contribution is -2.48. The summed E-state index contributed by atoms with van der Waals surface area (Å²) >= 11 is 0. The van der Waals surface area contributed by atoms with E-state index in [-0.39, 0.29) is 30.0 Å². The van der Waals surface area contributed by atoms with Crippen molar-refractivity contribution in [1.82, 2.24) is 25.2 Å². The smallest absolute Gasteiger partial charge is 0.345 e. The second-order valence-corrected chi connectivity index (χ2v) is 6.70. The van der Waals surface area contributed by atoms with Gasteiger partial charge in [-0.05, 0) is 25.8 Å². The zero-order valence-corrected chi connectivity index (χ0v) is 15.7. The predicted molar refractivity (Wildman–Crippen MR) is 95.9 cm³/mol. The molecule has 1 unspecified atom stereocenters. The maximum atomic E-state index is 12.9. The molecule has 160 valence electrons. The predicted octanol–water partition coefficient (Wildman–Crippen LogP) is 1.77. The Kier molecular flexibility index (Phi) is 5.71. The second-order valence-electron chi connectivity index (χ2n) is 6.70. The SMILES string of the molecule is Cc1c(C(=O)N2CCCC2C(=O)NCC(F)(F)F)nnn1-c1cccc([N+](=O)[O-])c1. The van der Waals surface area contributed by atoms with Crippen molar-refractivity contribution in [1.29, 1.82) is 0 Å². The molecule has 10 nitrogen and oxygen atoms in total. The summed E-state index contributed by atoms with van der Waals surface area (Å²) in [5.41, 5.74) is 0.337. The second kappa shape index (κ2) is 8.08. The van der Waals surface area contributed by atoms with Crippen molar-refractivity contribution in [2.75, 3.05) is 13.1 Å². The van der Waals surface area contributed by atoms with Gasteiger partial charge < -0.3 is 10.2 Å². The third-order valence-electron chi connectivity index (χ3n) is 4.66. The number of nitrogens with one attached hydrogen (secondary N) is 1. The van der Waals surface area contributed by atoms with E-state index < -0.39 is 35.5 Å². The number of hydrogen-bond acceptors (Lipinski definition) is 6. The van der Waals surface area contributed by atoms with Crippen molar-refractivity contribution in [2.24, 2.45) is 0 Å². The number of non-ortho nitro benzene ring substituents is 1. The van der Waals surface area contributed by atoms with Gasteiger partial charge in [-0.15, -0.1) is 5.10 Å². The zero-order chi connectivity index (χ0) is 22.1. The molecule has 0 aliphatic carbocycles. The topological polar surface area (TPSA) is 123 Å². The normalized spacial score (nSPS) is 16.5. The number of carbonyl (C=O) groups excluding carboxylic acids is 2. The van der Waals surface area contributed by atoms with Crippen LogP contribution in [0.3, 0.4) is 0 Å². The van der Waals surface area contributed by atoms with Gasteiger partial charge in [-0.3, -0.25) is 19.7 Å². The Morgan fingerprint density at radius 2 is 2.10 bits per heavy atom. The zero-order valence-electron chi connectivity index (χ0n) is 15.7. The van der Waals surface area contributed by atoms with E-state index in [1.165, 1.54) is 34.7 Å². The number of alkyl halides is 3. The van der Waals surface area contributed by atoms with E-state index in [1.807, 2.05) is 0 Å². The van der Waals surface area contributed by atoms with Crippen LogP contribution in [-0.2, 0) is 4.79 Å². The van der Waals surface area contributed by atoms with Crippen molar-refractivity contribution in [3.05, 3.63) is 45.8 Å². The van der Waals surface area contributed by atoms with E-state index >= 15 is 0 Å². The van der Waals surface area contributed by atoms with Crippen LogP contribution in [0.1, 0.15) is 29.0 Å². The Labute approximate surface area is 167 Å². The molecular formula is C17H17F3N6O4. The molecule has 13 heteroatoms. The van der Waals surface area contributed by atoms with Crippen LogP contribution in [-0.4, -0.2) is 61.9 Å². The highest BCUT2D eigenvalue weighted by atomic mass is 19.4. The molecule has 2 amide bonds. The van der Waals surface area contributed by atoms with Gasteiger partial charge in [0, 0.05) is 18.7 Å². The molecular weight excluding hydrogens is 409 g/mol. The van der Waals surface area contributed by atoms with Crippen molar-refractivity contribution in [3.8, 4) is 5.69 Å². The van der Waals surface area contributed by atoms with E-state index in [0.717, 1.165) is 0 Å². The first-order valence-corrected chi connectivity index (χ1v) is 8.91. The molecule has 1 fully saturated rings. The number of nitrogens with zero attached hydrogens (tertiary/aromatic N) is 5. The van der Waals surface area contributed by atoms with Gasteiger partial charge in [0.2, 0.25) is 5.91 Å². The minimum absolute atomic E-state index is 0.0861. The number of benzene rings is 1. The maximum Gasteiger partial charge on any atom is 0.405 e. The third-order valence-corrected chi connectivity index (χ3v) is 4.66. The van der Waals surface area contributed by atoms with E-state index in [9.17, 15) is 32.9 Å². The molecule has 2 aromatic rings. The van der Waals surface area contributed by atoms with E-state index in [2.05, 4.69) is 10.3 Å². The first-order chi connectivity index (χ1) is 14.1. The summed E-state index contributed by atoms with van der Waals surface area (Å²) in [6, 6.07) is 4.53. The quantitative estimate of drug-likeness (QED) is 0.574. The minimum Gasteiger partial charge on any atom is -0.345 e. The molecule has 1 atom stereocenters. The van der Waals surface area contributed by atoms with Gasteiger partial charge in [0.25, 0.3) is 11.6 Å². The summed E-state index contributed by atoms with van der Waals surface area (Å²) in [7, 11) is 0. The molecule has 1 N–H and O–H groups in total. The van der Waals surface area contributed by atoms with Gasteiger partial charge in [-0.2, -0.15) is 13.2 Å². The van der Waals surface area contributed by atoms with Crippen molar-refractivity contribution < 1.29 is 27.7 Å². The van der Waals surface area contributed by atoms with Crippen LogP contribution in [0.2, 0.25) is 0 Å². The van der Waals surface area contributed by atoms with Gasteiger partial charge in [0.15, 0.2) is 5.69 Å². The summed E-state index contributed by atoms with van der Waals surface area (Å²) < 4.78 is 38.3. The number of aromatic nitrogens is 3. The van der Waals surface area contributed by atoms with Gasteiger partial charge >= 0.3 is 6.18 Å². The van der Waals surface area contributed by atoms with Crippen LogP contribution >= 0.6 is 0 Å². The highest BCUT2D eigenvalue weighted by Gasteiger charge is 2.38. The number of likely N-dealkylation sites (tertiary alicyclic amines) is 1. The Morgan fingerprint density at radius 1 is 1.37 bits per heavy atom. The van der Waals surface area contributed by atoms with Crippen molar-refractivity contribution in [3.63, 3.8) is 0 Å². The summed E-state index contributed by atoms with van der Waals surface area (Å²) in [6.07, 6.45) is -3.87.